The van der Waals surface area contributed by atoms with Gasteiger partial charge in [0.05, 0.1) is 5.69 Å². The summed E-state index contributed by atoms with van der Waals surface area (Å²) < 4.78 is 0. The molecule has 38 heavy (non-hydrogen) atoms. The zero-order valence-electron chi connectivity index (χ0n) is 21.2. The molecule has 1 fully saturated rings. The molecular formula is C30H28N4O3S. The van der Waals surface area contributed by atoms with Crippen molar-refractivity contribution in [2.75, 3.05) is 5.32 Å². The van der Waals surface area contributed by atoms with Crippen LogP contribution < -0.4 is 16.0 Å². The van der Waals surface area contributed by atoms with Crippen molar-refractivity contribution in [3.8, 4) is 11.3 Å². The molecule has 0 saturated heterocycles. The second-order valence-corrected chi connectivity index (χ2v) is 10.4. The van der Waals surface area contributed by atoms with Gasteiger partial charge in [-0.15, -0.1) is 0 Å². The molecule has 3 aromatic carbocycles. The van der Waals surface area contributed by atoms with Crippen LogP contribution in [0.3, 0.4) is 0 Å². The largest absolute Gasteiger partial charge is 0.349 e. The van der Waals surface area contributed by atoms with Gasteiger partial charge in [-0.2, -0.15) is 0 Å². The van der Waals surface area contributed by atoms with Crippen molar-refractivity contribution in [2.45, 2.75) is 39.3 Å². The standard InChI is InChI=1S/C30H28N4O3S/c1-18-8-9-23(28(36)32-24-14-15-24)16-25(18)33-30-34-26(22-12-10-21(11-13-22)19(2)35)27(38-30)29(37)31-17-20-6-4-3-5-7-20/h3-13,16,24H,14-15,17H2,1-2H3,(H,31,37)(H,32,36)(H,33,34). The predicted molar refractivity (Wildman–Crippen MR) is 150 cm³/mol. The highest BCUT2D eigenvalue weighted by Crippen LogP contribution is 2.34. The fraction of sp³-hybridized carbons (Fsp3) is 0.200. The molecule has 3 N–H and O–H groups in total. The van der Waals surface area contributed by atoms with Gasteiger partial charge in [0.1, 0.15) is 4.88 Å². The van der Waals surface area contributed by atoms with Gasteiger partial charge in [-0.05, 0) is 49.9 Å². The molecule has 0 spiro atoms. The van der Waals surface area contributed by atoms with E-state index in [1.165, 1.54) is 18.3 Å². The summed E-state index contributed by atoms with van der Waals surface area (Å²) in [5.74, 6) is -0.361. The maximum atomic E-state index is 13.3. The molecule has 4 aromatic rings. The van der Waals surface area contributed by atoms with E-state index in [1.807, 2.05) is 55.5 Å². The van der Waals surface area contributed by atoms with Crippen molar-refractivity contribution < 1.29 is 14.4 Å². The molecule has 0 aliphatic heterocycles. The molecule has 1 heterocycles. The number of nitrogens with one attached hydrogen (secondary N) is 3. The lowest BCUT2D eigenvalue weighted by Crippen LogP contribution is -2.25. The van der Waals surface area contributed by atoms with Gasteiger partial charge < -0.3 is 16.0 Å². The number of hydrogen-bond acceptors (Lipinski definition) is 6. The monoisotopic (exact) mass is 524 g/mol. The first-order chi connectivity index (χ1) is 18.4. The molecule has 1 saturated carbocycles. The van der Waals surface area contributed by atoms with Gasteiger partial charge in [0, 0.05) is 35.0 Å². The van der Waals surface area contributed by atoms with E-state index in [0.717, 1.165) is 35.2 Å². The van der Waals surface area contributed by atoms with E-state index >= 15 is 0 Å². The number of carbonyl (C=O) groups is 3. The van der Waals surface area contributed by atoms with Crippen LogP contribution >= 0.6 is 11.3 Å². The van der Waals surface area contributed by atoms with Gasteiger partial charge in [-0.3, -0.25) is 14.4 Å². The number of carbonyl (C=O) groups excluding carboxylic acids is 3. The van der Waals surface area contributed by atoms with Crippen molar-refractivity contribution >= 4 is 39.8 Å². The molecule has 8 heteroatoms. The topological polar surface area (TPSA) is 100 Å². The van der Waals surface area contributed by atoms with Crippen LogP contribution in [0.4, 0.5) is 10.8 Å². The summed E-state index contributed by atoms with van der Waals surface area (Å²) in [5.41, 5.74) is 5.11. The van der Waals surface area contributed by atoms with Crippen molar-refractivity contribution in [3.05, 3.63) is 99.9 Å². The number of thiazole rings is 1. The third kappa shape index (κ3) is 5.98. The molecule has 7 nitrogen and oxygen atoms in total. The first-order valence-corrected chi connectivity index (χ1v) is 13.3. The number of anilines is 2. The molecule has 0 radical (unpaired) electrons. The van der Waals surface area contributed by atoms with E-state index in [0.29, 0.717) is 33.4 Å². The van der Waals surface area contributed by atoms with Gasteiger partial charge in [0.15, 0.2) is 10.9 Å². The van der Waals surface area contributed by atoms with Crippen LogP contribution in [-0.4, -0.2) is 28.6 Å². The van der Waals surface area contributed by atoms with Crippen LogP contribution in [0, 0.1) is 6.92 Å². The maximum Gasteiger partial charge on any atom is 0.264 e. The number of rotatable bonds is 9. The third-order valence-electron chi connectivity index (χ3n) is 6.35. The fourth-order valence-corrected chi connectivity index (χ4v) is 4.87. The molecule has 1 aromatic heterocycles. The van der Waals surface area contributed by atoms with Gasteiger partial charge in [-0.1, -0.05) is 72.0 Å². The smallest absolute Gasteiger partial charge is 0.264 e. The number of Topliss-reactive ketones (excluding diaryl/α,β-unsaturated/α-hetero) is 1. The van der Waals surface area contributed by atoms with E-state index in [1.54, 1.807) is 24.3 Å². The van der Waals surface area contributed by atoms with Crippen LogP contribution in [0.15, 0.2) is 72.8 Å². The van der Waals surface area contributed by atoms with Crippen LogP contribution in [0.25, 0.3) is 11.3 Å². The van der Waals surface area contributed by atoms with E-state index in [2.05, 4.69) is 16.0 Å². The number of aryl methyl sites for hydroxylation is 1. The summed E-state index contributed by atoms with van der Waals surface area (Å²) in [6.07, 6.45) is 2.04. The number of ketones is 1. The second kappa shape index (κ2) is 11.0. The summed E-state index contributed by atoms with van der Waals surface area (Å²) in [6.45, 7) is 3.86. The van der Waals surface area contributed by atoms with Crippen LogP contribution in [0.5, 0.6) is 0 Å². The van der Waals surface area contributed by atoms with E-state index in [9.17, 15) is 14.4 Å². The average Bonchev–Trinajstić information content (AvgIpc) is 3.64. The predicted octanol–water partition coefficient (Wildman–Crippen LogP) is 5.89. The summed E-state index contributed by atoms with van der Waals surface area (Å²) in [4.78, 5) is 42.8. The highest BCUT2D eigenvalue weighted by molar-refractivity contribution is 7.18. The lowest BCUT2D eigenvalue weighted by Gasteiger charge is -2.10. The third-order valence-corrected chi connectivity index (χ3v) is 7.32. The normalized spacial score (nSPS) is 12.6. The highest BCUT2D eigenvalue weighted by atomic mass is 32.1. The maximum absolute atomic E-state index is 13.3. The minimum atomic E-state index is -0.237. The number of aromatic nitrogens is 1. The Balaban J connectivity index is 1.44. The number of hydrogen-bond donors (Lipinski definition) is 3. The lowest BCUT2D eigenvalue weighted by molar-refractivity contribution is 0.0944. The van der Waals surface area contributed by atoms with Crippen LogP contribution in [0.2, 0.25) is 0 Å². The average molecular weight is 525 g/mol. The molecule has 192 valence electrons. The lowest BCUT2D eigenvalue weighted by atomic mass is 10.1. The summed E-state index contributed by atoms with van der Waals surface area (Å²) >= 11 is 1.24. The van der Waals surface area contributed by atoms with E-state index in [-0.39, 0.29) is 23.6 Å². The second-order valence-electron chi connectivity index (χ2n) is 9.40. The Kier molecular flexibility index (Phi) is 7.33. The fourth-order valence-electron chi connectivity index (χ4n) is 3.95. The zero-order valence-corrected chi connectivity index (χ0v) is 22.0. The molecule has 1 aliphatic rings. The highest BCUT2D eigenvalue weighted by Gasteiger charge is 2.24. The van der Waals surface area contributed by atoms with Crippen molar-refractivity contribution in [2.24, 2.45) is 0 Å². The summed E-state index contributed by atoms with van der Waals surface area (Å²) in [6, 6.07) is 22.6. The molecule has 0 unspecified atom stereocenters. The molecular weight excluding hydrogens is 496 g/mol. The zero-order chi connectivity index (χ0) is 26.6. The molecule has 5 rings (SSSR count). The molecule has 2 amide bonds. The first kappa shape index (κ1) is 25.4. The van der Waals surface area contributed by atoms with Gasteiger partial charge in [-0.25, -0.2) is 4.98 Å². The molecule has 1 aliphatic carbocycles. The minimum absolute atomic E-state index is 0.0286. The molecule has 0 bridgehead atoms. The Bertz CT molecular complexity index is 1490. The van der Waals surface area contributed by atoms with Gasteiger partial charge in [0.25, 0.3) is 11.8 Å². The van der Waals surface area contributed by atoms with Crippen molar-refractivity contribution in [3.63, 3.8) is 0 Å². The molecule has 0 atom stereocenters. The van der Waals surface area contributed by atoms with Crippen LogP contribution in [-0.2, 0) is 6.54 Å². The van der Waals surface area contributed by atoms with E-state index in [4.69, 9.17) is 4.98 Å². The summed E-state index contributed by atoms with van der Waals surface area (Å²) in [7, 11) is 0. The van der Waals surface area contributed by atoms with Crippen LogP contribution in [0.1, 0.15) is 61.3 Å². The number of benzene rings is 3. The van der Waals surface area contributed by atoms with Crippen molar-refractivity contribution in [1.82, 2.24) is 15.6 Å². The Hall–Kier alpha value is -4.30. The summed E-state index contributed by atoms with van der Waals surface area (Å²) in [5, 5.41) is 9.85. The number of amides is 2. The quantitative estimate of drug-likeness (QED) is 0.237. The van der Waals surface area contributed by atoms with Crippen molar-refractivity contribution in [1.29, 1.82) is 0 Å². The SMILES string of the molecule is CC(=O)c1ccc(-c2nc(Nc3cc(C(=O)NC4CC4)ccc3C)sc2C(=O)NCc2ccccc2)cc1. The number of nitrogens with zero attached hydrogens (tertiary/aromatic N) is 1. The van der Waals surface area contributed by atoms with Gasteiger partial charge >= 0.3 is 0 Å². The Morgan fingerprint density at radius 2 is 1.63 bits per heavy atom. The Labute approximate surface area is 225 Å². The Morgan fingerprint density at radius 3 is 2.32 bits per heavy atom. The van der Waals surface area contributed by atoms with Gasteiger partial charge in [0.2, 0.25) is 0 Å². The Morgan fingerprint density at radius 1 is 0.921 bits per heavy atom. The minimum Gasteiger partial charge on any atom is -0.349 e. The van der Waals surface area contributed by atoms with E-state index < -0.39 is 0 Å². The first-order valence-electron chi connectivity index (χ1n) is 12.5.